The third kappa shape index (κ3) is 1.43. The van der Waals surface area contributed by atoms with Gasteiger partial charge >= 0.3 is 5.97 Å². The highest BCUT2D eigenvalue weighted by molar-refractivity contribution is 5.82. The average Bonchev–Trinajstić information content (AvgIpc) is 3.16. The molecule has 0 radical (unpaired) electrons. The first-order chi connectivity index (χ1) is 8.72. The molecular weight excluding hydrogens is 226 g/mol. The van der Waals surface area contributed by atoms with Gasteiger partial charge in [-0.25, -0.2) is 0 Å². The fourth-order valence-corrected chi connectivity index (χ4v) is 5.29. The van der Waals surface area contributed by atoms with Gasteiger partial charge in [0.25, 0.3) is 0 Å². The lowest BCUT2D eigenvalue weighted by molar-refractivity contribution is -0.168. The lowest BCUT2D eigenvalue weighted by atomic mass is 9.48. The van der Waals surface area contributed by atoms with Gasteiger partial charge in [0.2, 0.25) is 0 Å². The summed E-state index contributed by atoms with van der Waals surface area (Å²) < 4.78 is 5.21. The Kier molecular flexibility index (Phi) is 2.33. The molecule has 0 aromatic rings. The lowest BCUT2D eigenvalue weighted by Crippen LogP contribution is -2.69. The minimum absolute atomic E-state index is 0.0307. The summed E-state index contributed by atoms with van der Waals surface area (Å²) in [5.74, 6) is 2.91. The molecule has 18 heavy (non-hydrogen) atoms. The molecule has 0 saturated heterocycles. The van der Waals surface area contributed by atoms with Crippen LogP contribution >= 0.6 is 0 Å². The van der Waals surface area contributed by atoms with Crippen LogP contribution in [0.25, 0.3) is 0 Å². The minimum atomic E-state index is -0.316. The second-order valence-corrected chi connectivity index (χ2v) is 7.08. The first-order valence-corrected chi connectivity index (χ1v) is 7.58. The molecule has 5 fully saturated rings. The number of esters is 1. The summed E-state index contributed by atoms with van der Waals surface area (Å²) in [7, 11) is 1.56. The number of hydrogen-bond donors (Lipinski definition) is 1. The predicted octanol–water partition coefficient (Wildman–Crippen LogP) is 2.11. The Labute approximate surface area is 109 Å². The Bertz CT molecular complexity index is 347. The van der Waals surface area contributed by atoms with E-state index in [0.29, 0.717) is 17.9 Å². The van der Waals surface area contributed by atoms with Gasteiger partial charge in [0, 0.05) is 6.04 Å². The smallest absolute Gasteiger partial charge is 0.326 e. The molecule has 0 spiro atoms. The van der Waals surface area contributed by atoms with E-state index in [1.165, 1.54) is 44.9 Å². The zero-order valence-corrected chi connectivity index (χ0v) is 11.2. The van der Waals surface area contributed by atoms with E-state index in [-0.39, 0.29) is 11.5 Å². The van der Waals surface area contributed by atoms with Gasteiger partial charge in [-0.2, -0.15) is 0 Å². The fraction of sp³-hybridized carbons (Fsp3) is 0.933. The van der Waals surface area contributed by atoms with Crippen molar-refractivity contribution in [2.24, 2.45) is 23.7 Å². The van der Waals surface area contributed by atoms with Gasteiger partial charge < -0.3 is 4.74 Å². The highest BCUT2D eigenvalue weighted by Crippen LogP contribution is 2.59. The van der Waals surface area contributed by atoms with Crippen LogP contribution in [0.15, 0.2) is 0 Å². The van der Waals surface area contributed by atoms with E-state index in [1.54, 1.807) is 7.11 Å². The van der Waals surface area contributed by atoms with Crippen LogP contribution < -0.4 is 5.32 Å². The summed E-state index contributed by atoms with van der Waals surface area (Å²) in [4.78, 5) is 12.5. The van der Waals surface area contributed by atoms with Crippen molar-refractivity contribution in [1.29, 1.82) is 0 Å². The second-order valence-electron chi connectivity index (χ2n) is 7.08. The molecule has 0 heterocycles. The van der Waals surface area contributed by atoms with Gasteiger partial charge in [0.1, 0.15) is 5.54 Å². The average molecular weight is 249 g/mol. The molecule has 3 nitrogen and oxygen atoms in total. The summed E-state index contributed by atoms with van der Waals surface area (Å²) >= 11 is 0. The summed E-state index contributed by atoms with van der Waals surface area (Å²) in [5.41, 5.74) is -0.316. The van der Waals surface area contributed by atoms with Gasteiger partial charge in [-0.05, 0) is 68.6 Å². The molecule has 5 aliphatic rings. The molecule has 0 aromatic heterocycles. The molecule has 0 aromatic carbocycles. The van der Waals surface area contributed by atoms with Crippen molar-refractivity contribution in [1.82, 2.24) is 5.32 Å². The van der Waals surface area contributed by atoms with Crippen LogP contribution in [0, 0.1) is 23.7 Å². The van der Waals surface area contributed by atoms with E-state index < -0.39 is 0 Å². The highest BCUT2D eigenvalue weighted by atomic mass is 16.5. The zero-order valence-electron chi connectivity index (χ0n) is 11.2. The summed E-state index contributed by atoms with van der Waals surface area (Å²) in [6.45, 7) is 0. The maximum Gasteiger partial charge on any atom is 0.326 e. The van der Waals surface area contributed by atoms with Gasteiger partial charge in [-0.3, -0.25) is 10.1 Å². The number of carbonyl (C=O) groups excluding carboxylic acids is 1. The molecule has 1 N–H and O–H groups in total. The summed E-state index contributed by atoms with van der Waals surface area (Å²) in [5, 5.41) is 3.73. The van der Waals surface area contributed by atoms with E-state index in [4.69, 9.17) is 4.74 Å². The summed E-state index contributed by atoms with van der Waals surface area (Å²) in [6, 6.07) is 0.585. The Balaban J connectivity index is 1.70. The predicted molar refractivity (Wildman–Crippen MR) is 67.9 cm³/mol. The topological polar surface area (TPSA) is 38.3 Å². The number of nitrogens with one attached hydrogen (secondary N) is 1. The van der Waals surface area contributed by atoms with Crippen molar-refractivity contribution >= 4 is 5.97 Å². The molecule has 4 bridgehead atoms. The standard InChI is InChI=1S/C15H23NO2/c1-18-14(17)15(16-13-2-3-13)11-5-9-4-10(7-11)8-12(15)6-9/h9-13,16H,2-8H2,1H3. The molecule has 0 unspecified atom stereocenters. The third-order valence-electron chi connectivity index (χ3n) is 5.97. The van der Waals surface area contributed by atoms with E-state index in [9.17, 15) is 4.79 Å². The van der Waals surface area contributed by atoms with Crippen molar-refractivity contribution in [3.8, 4) is 0 Å². The first-order valence-electron chi connectivity index (χ1n) is 7.58. The van der Waals surface area contributed by atoms with Crippen LogP contribution in [0.2, 0.25) is 0 Å². The lowest BCUT2D eigenvalue weighted by Gasteiger charge is -2.59. The monoisotopic (exact) mass is 249 g/mol. The fourth-order valence-electron chi connectivity index (χ4n) is 5.29. The normalized spacial score (nSPS) is 49.4. The molecule has 5 rings (SSSR count). The van der Waals surface area contributed by atoms with E-state index >= 15 is 0 Å². The SMILES string of the molecule is COC(=O)C1(NC2CC2)C2CC3CC(C2)CC1C3. The number of ether oxygens (including phenoxy) is 1. The Hall–Kier alpha value is -0.570. The Morgan fingerprint density at radius 3 is 2.06 bits per heavy atom. The van der Waals surface area contributed by atoms with E-state index in [0.717, 1.165) is 11.8 Å². The summed E-state index contributed by atoms with van der Waals surface area (Å²) in [6.07, 6.45) is 8.91. The van der Waals surface area contributed by atoms with Crippen molar-refractivity contribution in [2.45, 2.75) is 56.5 Å². The van der Waals surface area contributed by atoms with E-state index in [2.05, 4.69) is 5.32 Å². The molecule has 5 aliphatic carbocycles. The largest absolute Gasteiger partial charge is 0.468 e. The minimum Gasteiger partial charge on any atom is -0.468 e. The van der Waals surface area contributed by atoms with Crippen LogP contribution in [-0.4, -0.2) is 24.7 Å². The number of carbonyl (C=O) groups is 1. The highest BCUT2D eigenvalue weighted by Gasteiger charge is 2.62. The van der Waals surface area contributed by atoms with Crippen LogP contribution in [0.5, 0.6) is 0 Å². The zero-order chi connectivity index (χ0) is 12.3. The van der Waals surface area contributed by atoms with Gasteiger partial charge in [-0.15, -0.1) is 0 Å². The molecular formula is C15H23NO2. The van der Waals surface area contributed by atoms with Crippen LogP contribution in [0.1, 0.15) is 44.9 Å². The molecule has 3 heteroatoms. The maximum atomic E-state index is 12.5. The quantitative estimate of drug-likeness (QED) is 0.779. The Morgan fingerprint density at radius 2 is 1.61 bits per heavy atom. The first kappa shape index (κ1) is 11.3. The molecule has 0 aliphatic heterocycles. The van der Waals surface area contributed by atoms with Gasteiger partial charge in [0.05, 0.1) is 7.11 Å². The molecule has 100 valence electrons. The van der Waals surface area contributed by atoms with Crippen molar-refractivity contribution < 1.29 is 9.53 Å². The second kappa shape index (κ2) is 3.72. The maximum absolute atomic E-state index is 12.5. The third-order valence-corrected chi connectivity index (χ3v) is 5.97. The van der Waals surface area contributed by atoms with Gasteiger partial charge in [0.15, 0.2) is 0 Å². The molecule has 0 amide bonds. The number of methoxy groups -OCH3 is 1. The molecule has 0 atom stereocenters. The van der Waals surface area contributed by atoms with Crippen LogP contribution in [0.3, 0.4) is 0 Å². The molecule has 5 saturated carbocycles. The van der Waals surface area contributed by atoms with Crippen molar-refractivity contribution in [2.75, 3.05) is 7.11 Å². The number of hydrogen-bond acceptors (Lipinski definition) is 3. The van der Waals surface area contributed by atoms with Crippen molar-refractivity contribution in [3.63, 3.8) is 0 Å². The van der Waals surface area contributed by atoms with Gasteiger partial charge in [-0.1, -0.05) is 0 Å². The van der Waals surface area contributed by atoms with Crippen molar-refractivity contribution in [3.05, 3.63) is 0 Å². The van der Waals surface area contributed by atoms with Crippen LogP contribution in [-0.2, 0) is 9.53 Å². The Morgan fingerprint density at radius 1 is 1.06 bits per heavy atom. The van der Waals surface area contributed by atoms with E-state index in [1.807, 2.05) is 0 Å². The van der Waals surface area contributed by atoms with Crippen LogP contribution in [0.4, 0.5) is 0 Å². The number of rotatable bonds is 3.